The van der Waals surface area contributed by atoms with Gasteiger partial charge in [0.15, 0.2) is 0 Å². The number of nitrogens with one attached hydrogen (secondary N) is 1. The van der Waals surface area contributed by atoms with E-state index in [1.165, 1.54) is 5.56 Å². The zero-order valence-electron chi connectivity index (χ0n) is 17.1. The number of benzene rings is 1. The van der Waals surface area contributed by atoms with Crippen molar-refractivity contribution in [2.45, 2.75) is 70.9 Å². The molecule has 0 radical (unpaired) electrons. The van der Waals surface area contributed by atoms with Gasteiger partial charge < -0.3 is 15.2 Å². The Balaban J connectivity index is 1.58. The highest BCUT2D eigenvalue weighted by Gasteiger charge is 2.46. The molecule has 0 bridgehead atoms. The lowest BCUT2D eigenvalue weighted by atomic mass is 9.75. The number of nitrogens with zero attached hydrogens (tertiary/aromatic N) is 1. The van der Waals surface area contributed by atoms with Crippen LogP contribution < -0.4 is 5.32 Å². The predicted octanol–water partition coefficient (Wildman–Crippen LogP) is 3.80. The molecule has 1 aromatic carbocycles. The molecule has 1 saturated carbocycles. The van der Waals surface area contributed by atoms with E-state index in [1.54, 1.807) is 0 Å². The lowest BCUT2D eigenvalue weighted by Gasteiger charge is -2.31. The Morgan fingerprint density at radius 2 is 2.04 bits per heavy atom. The Hall–Kier alpha value is -1.88. The molecule has 154 valence electrons. The van der Waals surface area contributed by atoms with E-state index in [0.717, 1.165) is 58.2 Å². The molecule has 1 heterocycles. The van der Waals surface area contributed by atoms with Gasteiger partial charge in [-0.25, -0.2) is 0 Å². The van der Waals surface area contributed by atoms with Gasteiger partial charge in [0.05, 0.1) is 5.41 Å². The zero-order chi connectivity index (χ0) is 20.0. The summed E-state index contributed by atoms with van der Waals surface area (Å²) in [6, 6.07) is 10.6. The molecule has 1 aliphatic carbocycles. The van der Waals surface area contributed by atoms with Gasteiger partial charge >= 0.3 is 5.97 Å². The number of amides is 1. The third-order valence-electron chi connectivity index (χ3n) is 6.54. The molecule has 5 heteroatoms. The quantitative estimate of drug-likeness (QED) is 0.633. The number of carbonyl (C=O) groups is 1. The molecule has 5 nitrogen and oxygen atoms in total. The van der Waals surface area contributed by atoms with Crippen LogP contribution in [-0.4, -0.2) is 45.8 Å². The highest BCUT2D eigenvalue weighted by molar-refractivity contribution is 5.84. The molecular weight excluding hydrogens is 352 g/mol. The average molecular weight is 388 g/mol. The highest BCUT2D eigenvalue weighted by atomic mass is 16.4. The third kappa shape index (κ3) is 5.13. The smallest absolute Gasteiger partial charge is 0.352 e. The van der Waals surface area contributed by atoms with Crippen molar-refractivity contribution >= 4 is 11.9 Å². The molecular formula is C23H35N2O3+. The van der Waals surface area contributed by atoms with Crippen molar-refractivity contribution in [2.75, 3.05) is 13.1 Å². The van der Waals surface area contributed by atoms with Crippen LogP contribution in [0.1, 0.15) is 63.9 Å². The van der Waals surface area contributed by atoms with Crippen molar-refractivity contribution < 1.29 is 14.7 Å². The summed E-state index contributed by atoms with van der Waals surface area (Å²) in [4.78, 5) is 25.3. The minimum absolute atomic E-state index is 0.124. The van der Waals surface area contributed by atoms with E-state index in [1.807, 2.05) is 13.0 Å². The summed E-state index contributed by atoms with van der Waals surface area (Å²) in [7, 11) is 0. The van der Waals surface area contributed by atoms with E-state index in [0.29, 0.717) is 12.8 Å². The van der Waals surface area contributed by atoms with Gasteiger partial charge in [0.25, 0.3) is 0 Å². The Bertz CT molecular complexity index is 655. The fraction of sp³-hybridized carbons (Fsp3) is 0.652. The van der Waals surface area contributed by atoms with E-state index in [4.69, 9.17) is 0 Å². The van der Waals surface area contributed by atoms with E-state index < -0.39 is 11.4 Å². The van der Waals surface area contributed by atoms with Crippen molar-refractivity contribution in [3.63, 3.8) is 0 Å². The van der Waals surface area contributed by atoms with Crippen molar-refractivity contribution in [3.05, 3.63) is 35.9 Å². The first-order valence-corrected chi connectivity index (χ1v) is 10.8. The second-order valence-electron chi connectivity index (χ2n) is 8.72. The average Bonchev–Trinajstić information content (AvgIpc) is 3.32. The Morgan fingerprint density at radius 3 is 2.68 bits per heavy atom. The molecule has 2 unspecified atom stereocenters. The first kappa shape index (κ1) is 20.8. The molecule has 28 heavy (non-hydrogen) atoms. The van der Waals surface area contributed by atoms with Crippen molar-refractivity contribution in [1.29, 1.82) is 0 Å². The van der Waals surface area contributed by atoms with E-state index in [9.17, 15) is 14.7 Å². The standard InChI is InChI=1S/C23H34N2O3/c1-2-8-19(21(26)27)15-23(12-6-7-13-23)22(28)24-20-11-14-25(17-20)16-18-9-4-3-5-10-18/h3-5,9-10,19-20H,2,6-8,11-17H2,1H3,(H,24,28)(H,26,27)/p+1. The first-order chi connectivity index (χ1) is 13.5. The van der Waals surface area contributed by atoms with Crippen LogP contribution in [0.15, 0.2) is 30.3 Å². The molecule has 3 N–H and O–H groups in total. The van der Waals surface area contributed by atoms with Crippen LogP contribution >= 0.6 is 0 Å². The van der Waals surface area contributed by atoms with Gasteiger partial charge in [-0.1, -0.05) is 56.5 Å². The monoisotopic (exact) mass is 387 g/mol. The van der Waals surface area contributed by atoms with Gasteiger partial charge in [0.2, 0.25) is 5.91 Å². The maximum Gasteiger partial charge on any atom is 0.483 e. The van der Waals surface area contributed by atoms with Crippen LogP contribution in [-0.2, 0) is 11.3 Å². The number of hydrogen-bond donors (Lipinski definition) is 2. The lowest BCUT2D eigenvalue weighted by Crippen LogP contribution is -2.46. The van der Waals surface area contributed by atoms with E-state index >= 15 is 0 Å². The number of hydrogen-bond acceptors (Lipinski definition) is 2. The summed E-state index contributed by atoms with van der Waals surface area (Å²) < 4.78 is 0. The number of aliphatic hydroxyl groups excluding tert-OH is 1. The van der Waals surface area contributed by atoms with Gasteiger partial charge in [-0.05, 0) is 37.7 Å². The Labute approximate surface area is 168 Å². The van der Waals surface area contributed by atoms with Crippen LogP contribution in [0.25, 0.3) is 0 Å². The number of carboxylic acids is 1. The molecule has 0 aromatic heterocycles. The summed E-state index contributed by atoms with van der Waals surface area (Å²) in [5, 5.41) is 13.0. The van der Waals surface area contributed by atoms with E-state index in [-0.39, 0.29) is 17.9 Å². The minimum atomic E-state index is -0.504. The van der Waals surface area contributed by atoms with Crippen LogP contribution in [0.4, 0.5) is 0 Å². The molecule has 2 fully saturated rings. The van der Waals surface area contributed by atoms with Crippen molar-refractivity contribution in [1.82, 2.24) is 10.2 Å². The topological polar surface area (TPSA) is 74.0 Å². The number of carbonyl (C=O) groups excluding carboxylic acids is 1. The summed E-state index contributed by atoms with van der Waals surface area (Å²) in [5.74, 6) is -0.679. The number of aliphatic carboxylic acids is 1. The Kier molecular flexibility index (Phi) is 7.11. The van der Waals surface area contributed by atoms with Crippen LogP contribution in [0, 0.1) is 11.3 Å². The van der Waals surface area contributed by atoms with Gasteiger partial charge in [-0.2, -0.15) is 0 Å². The van der Waals surface area contributed by atoms with Gasteiger partial charge in [-0.15, -0.1) is 0 Å². The summed E-state index contributed by atoms with van der Waals surface area (Å²) in [5.41, 5.74) is 0.863. The maximum atomic E-state index is 13.2. The van der Waals surface area contributed by atoms with Crippen molar-refractivity contribution in [2.24, 2.45) is 11.3 Å². The van der Waals surface area contributed by atoms with Crippen LogP contribution in [0.2, 0.25) is 0 Å². The highest BCUT2D eigenvalue weighted by Crippen LogP contribution is 2.44. The van der Waals surface area contributed by atoms with Gasteiger partial charge in [0, 0.05) is 25.7 Å². The van der Waals surface area contributed by atoms with Crippen molar-refractivity contribution in [3.8, 4) is 0 Å². The molecule has 1 saturated heterocycles. The van der Waals surface area contributed by atoms with Gasteiger partial charge in [-0.3, -0.25) is 9.69 Å². The second kappa shape index (κ2) is 9.55. The molecule has 1 amide bonds. The fourth-order valence-electron chi connectivity index (χ4n) is 4.99. The molecule has 1 aromatic rings. The first-order valence-electron chi connectivity index (χ1n) is 10.8. The summed E-state index contributed by atoms with van der Waals surface area (Å²) in [6.45, 7) is 4.84. The zero-order valence-corrected chi connectivity index (χ0v) is 17.1. The van der Waals surface area contributed by atoms with Gasteiger partial charge in [0.1, 0.15) is 5.92 Å². The molecule has 0 spiro atoms. The SMILES string of the molecule is CCCC(CC1(C(=O)NC2CCN(Cc3ccccc3)C2)CCCC1)C(O)=[OH+]. The minimum Gasteiger partial charge on any atom is -0.352 e. The third-order valence-corrected chi connectivity index (χ3v) is 6.54. The van der Waals surface area contributed by atoms with Crippen LogP contribution in [0.3, 0.4) is 0 Å². The predicted molar refractivity (Wildman–Crippen MR) is 112 cm³/mol. The summed E-state index contributed by atoms with van der Waals surface area (Å²) >= 11 is 0. The fourth-order valence-corrected chi connectivity index (χ4v) is 4.99. The molecule has 2 aliphatic rings. The van der Waals surface area contributed by atoms with E-state index in [2.05, 4.69) is 34.5 Å². The largest absolute Gasteiger partial charge is 0.483 e. The number of rotatable bonds is 9. The lowest BCUT2D eigenvalue weighted by molar-refractivity contribution is -0.132. The molecule has 3 rings (SSSR count). The number of likely N-dealkylation sites (tertiary alicyclic amines) is 1. The Morgan fingerprint density at radius 1 is 1.32 bits per heavy atom. The molecule has 1 aliphatic heterocycles. The maximum absolute atomic E-state index is 13.2. The summed E-state index contributed by atoms with van der Waals surface area (Å²) in [6.07, 6.45) is 6.92. The second-order valence-corrected chi connectivity index (χ2v) is 8.72. The van der Waals surface area contributed by atoms with Crippen LogP contribution in [0.5, 0.6) is 0 Å². The molecule has 2 atom stereocenters. The normalized spacial score (nSPS) is 22.8. The number of carboxylic acid groups (broad SMARTS) is 1.